The molecule has 1 N–H and O–H groups in total. The Morgan fingerprint density at radius 1 is 1.16 bits per heavy atom. The summed E-state index contributed by atoms with van der Waals surface area (Å²) in [5, 5.41) is 2.85. The minimum Gasteiger partial charge on any atom is -0.346 e. The molecule has 2 aromatic carbocycles. The smallest absolute Gasteiger partial charge is 0.258 e. The van der Waals surface area contributed by atoms with Crippen molar-refractivity contribution in [3.05, 3.63) is 70.5 Å². The molecule has 1 aliphatic rings. The normalized spacial score (nSPS) is 22.3. The molecule has 0 aliphatic heterocycles. The van der Waals surface area contributed by atoms with Crippen LogP contribution in [0.3, 0.4) is 0 Å². The fourth-order valence-corrected chi connectivity index (χ4v) is 3.19. The van der Waals surface area contributed by atoms with E-state index in [1.54, 1.807) is 37.3 Å². The van der Waals surface area contributed by atoms with Gasteiger partial charge in [-0.05, 0) is 61.7 Å². The summed E-state index contributed by atoms with van der Waals surface area (Å²) in [6, 6.07) is 10.4. The van der Waals surface area contributed by atoms with Crippen LogP contribution >= 0.6 is 0 Å². The van der Waals surface area contributed by atoms with Crippen molar-refractivity contribution in [1.29, 1.82) is 0 Å². The predicted molar refractivity (Wildman–Crippen MR) is 90.4 cm³/mol. The van der Waals surface area contributed by atoms with Gasteiger partial charge in [0.2, 0.25) is 0 Å². The SMILES string of the molecule is Cc1cc(F)ccc1[C@@H](C)NC(=O)c1ccc(C2(C)CC2(F)F)cc1. The first-order chi connectivity index (χ1) is 11.6. The van der Waals surface area contributed by atoms with Crippen LogP contribution in [-0.2, 0) is 5.41 Å². The van der Waals surface area contributed by atoms with Gasteiger partial charge in [-0.1, -0.05) is 18.2 Å². The first-order valence-corrected chi connectivity index (χ1v) is 8.19. The average Bonchev–Trinajstić information content (AvgIpc) is 3.06. The minimum atomic E-state index is -2.68. The zero-order valence-electron chi connectivity index (χ0n) is 14.4. The lowest BCUT2D eigenvalue weighted by molar-refractivity contribution is 0.0920. The van der Waals surface area contributed by atoms with Gasteiger partial charge in [-0.15, -0.1) is 0 Å². The molecular formula is C20H20F3NO. The Hall–Kier alpha value is -2.30. The largest absolute Gasteiger partial charge is 0.346 e. The number of halogens is 3. The third-order valence-electron chi connectivity index (χ3n) is 5.09. The summed E-state index contributed by atoms with van der Waals surface area (Å²) in [6.07, 6.45) is -0.160. The summed E-state index contributed by atoms with van der Waals surface area (Å²) in [5.74, 6) is -3.29. The highest BCUT2D eigenvalue weighted by atomic mass is 19.3. The summed E-state index contributed by atoms with van der Waals surface area (Å²) < 4.78 is 40.1. The second kappa shape index (κ2) is 5.90. The van der Waals surface area contributed by atoms with Crippen molar-refractivity contribution in [3.63, 3.8) is 0 Å². The Labute approximate surface area is 145 Å². The number of rotatable bonds is 4. The van der Waals surface area contributed by atoms with Gasteiger partial charge in [0, 0.05) is 12.0 Å². The van der Waals surface area contributed by atoms with Gasteiger partial charge in [-0.25, -0.2) is 13.2 Å². The molecule has 1 aliphatic carbocycles. The molecule has 0 heterocycles. The number of alkyl halides is 2. The van der Waals surface area contributed by atoms with Gasteiger partial charge in [0.05, 0.1) is 11.5 Å². The predicted octanol–water partition coefficient (Wildman–Crippen LogP) is 4.92. The van der Waals surface area contributed by atoms with E-state index in [9.17, 15) is 18.0 Å². The number of hydrogen-bond acceptors (Lipinski definition) is 1. The summed E-state index contributed by atoms with van der Waals surface area (Å²) in [4.78, 5) is 12.4. The van der Waals surface area contributed by atoms with Crippen molar-refractivity contribution in [1.82, 2.24) is 5.32 Å². The van der Waals surface area contributed by atoms with Gasteiger partial charge in [0.25, 0.3) is 11.8 Å². The maximum Gasteiger partial charge on any atom is 0.258 e. The molecule has 1 unspecified atom stereocenters. The Bertz CT molecular complexity index is 816. The topological polar surface area (TPSA) is 29.1 Å². The maximum atomic E-state index is 13.4. The van der Waals surface area contributed by atoms with Crippen LogP contribution in [0.1, 0.15) is 53.4 Å². The molecule has 5 heteroatoms. The van der Waals surface area contributed by atoms with Crippen molar-refractivity contribution in [2.24, 2.45) is 0 Å². The average molecular weight is 347 g/mol. The fraction of sp³-hybridized carbons (Fsp3) is 0.350. The van der Waals surface area contributed by atoms with Gasteiger partial charge >= 0.3 is 0 Å². The lowest BCUT2D eigenvalue weighted by Crippen LogP contribution is -2.27. The Morgan fingerprint density at radius 3 is 2.28 bits per heavy atom. The van der Waals surface area contributed by atoms with Crippen molar-refractivity contribution in [2.75, 3.05) is 0 Å². The number of benzene rings is 2. The molecule has 0 radical (unpaired) electrons. The molecule has 25 heavy (non-hydrogen) atoms. The zero-order chi connectivity index (χ0) is 18.4. The van der Waals surface area contributed by atoms with Gasteiger partial charge in [0.15, 0.2) is 0 Å². The third-order valence-corrected chi connectivity index (χ3v) is 5.09. The summed E-state index contributed by atoms with van der Waals surface area (Å²) in [5.41, 5.74) is 1.41. The molecule has 2 atom stereocenters. The quantitative estimate of drug-likeness (QED) is 0.835. The van der Waals surface area contributed by atoms with E-state index in [4.69, 9.17) is 0 Å². The molecular weight excluding hydrogens is 327 g/mol. The maximum absolute atomic E-state index is 13.4. The van der Waals surface area contributed by atoms with E-state index < -0.39 is 11.3 Å². The lowest BCUT2D eigenvalue weighted by atomic mass is 9.96. The van der Waals surface area contributed by atoms with E-state index >= 15 is 0 Å². The number of aryl methyl sites for hydroxylation is 1. The standard InChI is InChI=1S/C20H20F3NO/c1-12-10-16(21)8-9-17(12)13(2)24-18(25)14-4-6-15(7-5-14)19(3)11-20(19,22)23/h4-10,13H,11H2,1-3H3,(H,24,25)/t13-,19?/m1/s1. The molecule has 3 rings (SSSR count). The minimum absolute atomic E-state index is 0.160. The molecule has 0 bridgehead atoms. The van der Waals surface area contributed by atoms with Gasteiger partial charge in [-0.2, -0.15) is 0 Å². The van der Waals surface area contributed by atoms with Crippen LogP contribution in [0, 0.1) is 12.7 Å². The molecule has 0 aromatic heterocycles. The van der Waals surface area contributed by atoms with Crippen LogP contribution in [0.2, 0.25) is 0 Å². The van der Waals surface area contributed by atoms with Crippen LogP contribution in [0.25, 0.3) is 0 Å². The molecule has 2 aromatic rings. The van der Waals surface area contributed by atoms with Gasteiger partial charge in [-0.3, -0.25) is 4.79 Å². The second-order valence-corrected chi connectivity index (χ2v) is 6.99. The zero-order valence-corrected chi connectivity index (χ0v) is 14.4. The molecule has 2 nitrogen and oxygen atoms in total. The molecule has 132 valence electrons. The first kappa shape index (κ1) is 17.5. The highest BCUT2D eigenvalue weighted by Crippen LogP contribution is 2.61. The summed E-state index contributed by atoms with van der Waals surface area (Å²) >= 11 is 0. The molecule has 1 saturated carbocycles. The van der Waals surface area contributed by atoms with E-state index in [2.05, 4.69) is 5.32 Å². The van der Waals surface area contributed by atoms with Crippen LogP contribution in [0.4, 0.5) is 13.2 Å². The second-order valence-electron chi connectivity index (χ2n) is 6.99. The Kier molecular flexibility index (Phi) is 4.13. The van der Waals surface area contributed by atoms with Gasteiger partial charge in [0.1, 0.15) is 5.82 Å². The van der Waals surface area contributed by atoms with Crippen molar-refractivity contribution >= 4 is 5.91 Å². The van der Waals surface area contributed by atoms with E-state index in [1.165, 1.54) is 19.1 Å². The number of amides is 1. The van der Waals surface area contributed by atoms with E-state index in [0.29, 0.717) is 11.1 Å². The van der Waals surface area contributed by atoms with E-state index in [1.807, 2.05) is 6.92 Å². The first-order valence-electron chi connectivity index (χ1n) is 8.19. The number of carbonyl (C=O) groups excluding carboxylic acids is 1. The highest BCUT2D eigenvalue weighted by molar-refractivity contribution is 5.94. The molecule has 1 fully saturated rings. The monoisotopic (exact) mass is 347 g/mol. The van der Waals surface area contributed by atoms with Crippen LogP contribution < -0.4 is 5.32 Å². The van der Waals surface area contributed by atoms with E-state index in [0.717, 1.165) is 11.1 Å². The molecule has 1 amide bonds. The number of carbonyl (C=O) groups is 1. The highest BCUT2D eigenvalue weighted by Gasteiger charge is 2.68. The number of hydrogen-bond donors (Lipinski definition) is 1. The molecule has 0 saturated heterocycles. The molecule has 0 spiro atoms. The summed E-state index contributed by atoms with van der Waals surface area (Å²) in [6.45, 7) is 5.13. The lowest BCUT2D eigenvalue weighted by Gasteiger charge is -2.17. The van der Waals surface area contributed by atoms with Crippen molar-refractivity contribution in [2.45, 2.75) is 44.6 Å². The van der Waals surface area contributed by atoms with Crippen molar-refractivity contribution in [3.8, 4) is 0 Å². The van der Waals surface area contributed by atoms with Gasteiger partial charge < -0.3 is 5.32 Å². The Morgan fingerprint density at radius 2 is 1.76 bits per heavy atom. The van der Waals surface area contributed by atoms with Crippen LogP contribution in [0.5, 0.6) is 0 Å². The fourth-order valence-electron chi connectivity index (χ4n) is 3.19. The summed E-state index contributed by atoms with van der Waals surface area (Å²) in [7, 11) is 0. The van der Waals surface area contributed by atoms with Crippen LogP contribution in [-0.4, -0.2) is 11.8 Å². The van der Waals surface area contributed by atoms with Crippen molar-refractivity contribution < 1.29 is 18.0 Å². The van der Waals surface area contributed by atoms with Crippen LogP contribution in [0.15, 0.2) is 42.5 Å². The Balaban J connectivity index is 1.71. The number of nitrogens with one attached hydrogen (secondary N) is 1. The van der Waals surface area contributed by atoms with E-state index in [-0.39, 0.29) is 24.2 Å². The third kappa shape index (κ3) is 3.15.